The number of aromatic nitrogens is 1. The van der Waals surface area contributed by atoms with E-state index in [2.05, 4.69) is 21.7 Å². The molecule has 3 rings (SSSR count). The number of hydrogen-bond donors (Lipinski definition) is 2. The number of oxazole rings is 1. The number of nitrogens with one attached hydrogen (secondary N) is 2. The van der Waals surface area contributed by atoms with Gasteiger partial charge < -0.3 is 15.1 Å². The summed E-state index contributed by atoms with van der Waals surface area (Å²) in [4.78, 5) is 16.2. The van der Waals surface area contributed by atoms with E-state index >= 15 is 0 Å². The molecule has 1 amide bonds. The Bertz CT molecular complexity index is 702. The van der Waals surface area contributed by atoms with Crippen LogP contribution in [0.4, 0.5) is 0 Å². The van der Waals surface area contributed by atoms with Crippen LogP contribution < -0.4 is 10.6 Å². The molecule has 1 aliphatic heterocycles. The summed E-state index contributed by atoms with van der Waals surface area (Å²) < 4.78 is 5.75. The van der Waals surface area contributed by atoms with Gasteiger partial charge in [0.1, 0.15) is 0 Å². The molecule has 0 atom stereocenters. The fourth-order valence-electron chi connectivity index (χ4n) is 2.69. The molecule has 1 aliphatic rings. The number of aryl methyl sites for hydroxylation is 1. The lowest BCUT2D eigenvalue weighted by Crippen LogP contribution is -2.29. The average Bonchev–Trinajstić information content (AvgIpc) is 3.11. The van der Waals surface area contributed by atoms with Gasteiger partial charge in [-0.25, -0.2) is 4.98 Å². The highest BCUT2D eigenvalue weighted by molar-refractivity contribution is 5.85. The van der Waals surface area contributed by atoms with E-state index < -0.39 is 0 Å². The highest BCUT2D eigenvalue weighted by Crippen LogP contribution is 2.20. The molecule has 2 aromatic rings. The molecule has 1 aromatic carbocycles. The lowest BCUT2D eigenvalue weighted by molar-refractivity contribution is -0.121. The zero-order valence-electron chi connectivity index (χ0n) is 14.6. The van der Waals surface area contributed by atoms with E-state index in [4.69, 9.17) is 4.42 Å². The molecule has 2 heterocycles. The Labute approximate surface area is 166 Å². The van der Waals surface area contributed by atoms with Crippen LogP contribution in [0.1, 0.15) is 25.2 Å². The van der Waals surface area contributed by atoms with E-state index in [1.807, 2.05) is 30.3 Å². The van der Waals surface area contributed by atoms with Gasteiger partial charge in [0.2, 0.25) is 5.91 Å². The van der Waals surface area contributed by atoms with Crippen molar-refractivity contribution in [2.75, 3.05) is 19.6 Å². The second kappa shape index (κ2) is 11.7. The third-order valence-corrected chi connectivity index (χ3v) is 4.08. The molecule has 0 saturated carbocycles. The Morgan fingerprint density at radius 3 is 2.77 bits per heavy atom. The zero-order chi connectivity index (χ0) is 16.6. The fraction of sp³-hybridized carbons (Fsp3) is 0.368. The smallest absolute Gasteiger partial charge is 0.220 e. The maximum absolute atomic E-state index is 11.9. The van der Waals surface area contributed by atoms with Crippen molar-refractivity contribution in [1.29, 1.82) is 0 Å². The normalized spacial score (nSPS) is 13.2. The van der Waals surface area contributed by atoms with Crippen LogP contribution in [0.5, 0.6) is 0 Å². The van der Waals surface area contributed by atoms with Crippen LogP contribution in [-0.2, 0) is 11.2 Å². The number of amides is 1. The van der Waals surface area contributed by atoms with E-state index in [0.717, 1.165) is 37.3 Å². The highest BCUT2D eigenvalue weighted by atomic mass is 35.5. The molecule has 5 nitrogen and oxygen atoms in total. The lowest BCUT2D eigenvalue weighted by Gasteiger charge is -2.14. The summed E-state index contributed by atoms with van der Waals surface area (Å²) in [6, 6.07) is 9.90. The van der Waals surface area contributed by atoms with Crippen molar-refractivity contribution in [3.63, 3.8) is 0 Å². The van der Waals surface area contributed by atoms with Crippen molar-refractivity contribution in [2.24, 2.45) is 0 Å². The molecular formula is C19H25Cl2N3O2. The first-order valence-electron chi connectivity index (χ1n) is 8.47. The average molecular weight is 398 g/mol. The lowest BCUT2D eigenvalue weighted by atomic mass is 10.1. The third-order valence-electron chi connectivity index (χ3n) is 4.08. The number of hydrogen-bond acceptors (Lipinski definition) is 4. The van der Waals surface area contributed by atoms with Crippen LogP contribution in [0.2, 0.25) is 0 Å². The van der Waals surface area contributed by atoms with Crippen LogP contribution >= 0.6 is 24.8 Å². The van der Waals surface area contributed by atoms with Gasteiger partial charge in [0.15, 0.2) is 11.7 Å². The SMILES string of the molecule is Cl.Cl.O=C(CCCc1ncc(-c2ccccc2)o1)NCC1=CCNCC1. The van der Waals surface area contributed by atoms with E-state index in [9.17, 15) is 4.79 Å². The van der Waals surface area contributed by atoms with E-state index in [1.165, 1.54) is 5.57 Å². The topological polar surface area (TPSA) is 67.2 Å². The van der Waals surface area contributed by atoms with Crippen molar-refractivity contribution < 1.29 is 9.21 Å². The Balaban J connectivity index is 0.00000169. The molecule has 0 saturated heterocycles. The molecule has 0 spiro atoms. The summed E-state index contributed by atoms with van der Waals surface area (Å²) in [5, 5.41) is 6.25. The number of carbonyl (C=O) groups is 1. The molecule has 0 fully saturated rings. The van der Waals surface area contributed by atoms with E-state index in [1.54, 1.807) is 6.20 Å². The fourth-order valence-corrected chi connectivity index (χ4v) is 2.69. The minimum atomic E-state index is 0. The summed E-state index contributed by atoms with van der Waals surface area (Å²) in [6.45, 7) is 2.56. The summed E-state index contributed by atoms with van der Waals surface area (Å²) in [7, 11) is 0. The van der Waals surface area contributed by atoms with Gasteiger partial charge in [-0.2, -0.15) is 0 Å². The van der Waals surface area contributed by atoms with E-state index in [0.29, 0.717) is 25.3 Å². The molecule has 142 valence electrons. The molecule has 2 N–H and O–H groups in total. The summed E-state index contributed by atoms with van der Waals surface area (Å²) in [5.41, 5.74) is 2.33. The maximum Gasteiger partial charge on any atom is 0.220 e. The van der Waals surface area contributed by atoms with Gasteiger partial charge in [-0.05, 0) is 19.4 Å². The van der Waals surface area contributed by atoms with Crippen molar-refractivity contribution >= 4 is 30.7 Å². The number of rotatable bonds is 7. The number of carbonyl (C=O) groups excluding carboxylic acids is 1. The minimum Gasteiger partial charge on any atom is -0.441 e. The van der Waals surface area contributed by atoms with Crippen molar-refractivity contribution in [2.45, 2.75) is 25.7 Å². The molecule has 26 heavy (non-hydrogen) atoms. The van der Waals surface area contributed by atoms with Crippen LogP contribution in [-0.4, -0.2) is 30.5 Å². The molecule has 0 bridgehead atoms. The monoisotopic (exact) mass is 397 g/mol. The summed E-state index contributed by atoms with van der Waals surface area (Å²) in [5.74, 6) is 1.54. The quantitative estimate of drug-likeness (QED) is 0.701. The summed E-state index contributed by atoms with van der Waals surface area (Å²) in [6.07, 6.45) is 6.82. The Hall–Kier alpha value is -1.82. The van der Waals surface area contributed by atoms with Gasteiger partial charge in [-0.1, -0.05) is 42.0 Å². The van der Waals surface area contributed by atoms with Crippen LogP contribution in [0.25, 0.3) is 11.3 Å². The highest BCUT2D eigenvalue weighted by Gasteiger charge is 2.08. The number of halogens is 2. The van der Waals surface area contributed by atoms with Gasteiger partial charge in [-0.15, -0.1) is 24.8 Å². The number of benzene rings is 1. The molecule has 7 heteroatoms. The first-order chi connectivity index (χ1) is 11.8. The Kier molecular flexibility index (Phi) is 10.0. The van der Waals surface area contributed by atoms with Gasteiger partial charge in [-0.3, -0.25) is 4.79 Å². The van der Waals surface area contributed by atoms with Crippen molar-refractivity contribution in [1.82, 2.24) is 15.6 Å². The van der Waals surface area contributed by atoms with E-state index in [-0.39, 0.29) is 30.7 Å². The maximum atomic E-state index is 11.9. The minimum absolute atomic E-state index is 0. The van der Waals surface area contributed by atoms with Crippen LogP contribution in [0.3, 0.4) is 0 Å². The van der Waals surface area contributed by atoms with Gasteiger partial charge in [0, 0.05) is 31.5 Å². The zero-order valence-corrected chi connectivity index (χ0v) is 16.2. The van der Waals surface area contributed by atoms with Crippen LogP contribution in [0, 0.1) is 0 Å². The van der Waals surface area contributed by atoms with Gasteiger partial charge in [0.25, 0.3) is 0 Å². The standard InChI is InChI=1S/C19H23N3O2.2ClH/c23-18(21-13-15-9-11-20-12-10-15)7-4-8-19-22-14-17(24-19)16-5-2-1-3-6-16;;/h1-3,5-6,9,14,20H,4,7-8,10-13H2,(H,21,23);2*1H. The molecule has 0 radical (unpaired) electrons. The van der Waals surface area contributed by atoms with Crippen molar-refractivity contribution in [3.8, 4) is 11.3 Å². The Morgan fingerprint density at radius 1 is 1.23 bits per heavy atom. The molecule has 0 aliphatic carbocycles. The molecular weight excluding hydrogens is 373 g/mol. The van der Waals surface area contributed by atoms with Gasteiger partial charge in [0.05, 0.1) is 6.20 Å². The predicted molar refractivity (Wildman–Crippen MR) is 108 cm³/mol. The largest absolute Gasteiger partial charge is 0.441 e. The first-order valence-corrected chi connectivity index (χ1v) is 8.47. The second-order valence-electron chi connectivity index (χ2n) is 5.93. The third kappa shape index (κ3) is 6.83. The molecule has 0 unspecified atom stereocenters. The summed E-state index contributed by atoms with van der Waals surface area (Å²) >= 11 is 0. The first kappa shape index (κ1) is 22.2. The van der Waals surface area contributed by atoms with Crippen LogP contribution in [0.15, 0.2) is 52.6 Å². The predicted octanol–water partition coefficient (Wildman–Crippen LogP) is 3.54. The second-order valence-corrected chi connectivity index (χ2v) is 5.93. The van der Waals surface area contributed by atoms with Crippen molar-refractivity contribution in [3.05, 3.63) is 54.1 Å². The Morgan fingerprint density at radius 2 is 2.04 bits per heavy atom. The van der Waals surface area contributed by atoms with Gasteiger partial charge >= 0.3 is 0 Å². The molecule has 1 aromatic heterocycles. The number of nitrogens with zero attached hydrogens (tertiary/aromatic N) is 1.